The molecule has 1 N–H and O–H groups in total. The summed E-state index contributed by atoms with van der Waals surface area (Å²) in [5.74, 6) is 2.22. The van der Waals surface area contributed by atoms with Gasteiger partial charge in [-0.25, -0.2) is 15.0 Å². The van der Waals surface area contributed by atoms with Crippen LogP contribution in [0.1, 0.15) is 18.6 Å². The van der Waals surface area contributed by atoms with Gasteiger partial charge in [-0.05, 0) is 37.1 Å². The molecule has 0 unspecified atom stereocenters. The molecule has 0 saturated heterocycles. The molecule has 0 radical (unpaired) electrons. The first kappa shape index (κ1) is 14.2. The number of hydrogen-bond acceptors (Lipinski definition) is 8. The summed E-state index contributed by atoms with van der Waals surface area (Å²) in [6, 6.07) is 1.89. The first-order valence-electron chi connectivity index (χ1n) is 5.83. The van der Waals surface area contributed by atoms with Gasteiger partial charge in [0.2, 0.25) is 0 Å². The minimum absolute atomic E-state index is 0.411. The molecule has 0 aliphatic heterocycles. The first-order chi connectivity index (χ1) is 9.21. The van der Waals surface area contributed by atoms with E-state index in [0.717, 1.165) is 21.0 Å². The molecule has 2 aromatic heterocycles. The van der Waals surface area contributed by atoms with Gasteiger partial charge in [-0.2, -0.15) is 4.37 Å². The topological polar surface area (TPSA) is 72.8 Å². The second-order valence-corrected chi connectivity index (χ2v) is 5.62. The van der Waals surface area contributed by atoms with Crippen molar-refractivity contribution in [3.8, 4) is 0 Å². The minimum Gasteiger partial charge on any atom is -0.374 e. The van der Waals surface area contributed by atoms with Crippen molar-refractivity contribution in [2.45, 2.75) is 29.8 Å². The molecule has 0 atom stereocenters. The van der Waals surface area contributed by atoms with E-state index in [1.165, 1.54) is 23.3 Å². The average molecular weight is 297 g/mol. The van der Waals surface area contributed by atoms with E-state index in [1.54, 1.807) is 0 Å². The van der Waals surface area contributed by atoms with Crippen molar-refractivity contribution in [1.82, 2.24) is 19.3 Å². The molecule has 0 aliphatic carbocycles. The van der Waals surface area contributed by atoms with Gasteiger partial charge in [0.1, 0.15) is 23.3 Å². The maximum atomic E-state index is 5.34. The Hall–Kier alpha value is -1.25. The summed E-state index contributed by atoms with van der Waals surface area (Å²) in [6.07, 6.45) is 0. The van der Waals surface area contributed by atoms with Crippen molar-refractivity contribution in [3.63, 3.8) is 0 Å². The number of ether oxygens (including phenoxy) is 1. The van der Waals surface area contributed by atoms with Gasteiger partial charge < -0.3 is 10.1 Å². The summed E-state index contributed by atoms with van der Waals surface area (Å²) in [6.45, 7) is 4.88. The van der Waals surface area contributed by atoms with Crippen LogP contribution in [0.5, 0.6) is 0 Å². The molecule has 0 amide bonds. The van der Waals surface area contributed by atoms with E-state index in [0.29, 0.717) is 19.0 Å². The van der Waals surface area contributed by atoms with Crippen LogP contribution in [0.3, 0.4) is 0 Å². The fraction of sp³-hybridized carbons (Fsp3) is 0.455. The predicted molar refractivity (Wildman–Crippen MR) is 75.7 cm³/mol. The van der Waals surface area contributed by atoms with E-state index in [4.69, 9.17) is 4.74 Å². The number of nitrogens with one attached hydrogen (secondary N) is 1. The van der Waals surface area contributed by atoms with Gasteiger partial charge in [-0.15, -0.1) is 0 Å². The van der Waals surface area contributed by atoms with Gasteiger partial charge in [0.15, 0.2) is 10.2 Å². The van der Waals surface area contributed by atoms with Crippen LogP contribution in [-0.4, -0.2) is 33.0 Å². The first-order valence-corrected chi connectivity index (χ1v) is 7.42. The Balaban J connectivity index is 2.18. The highest BCUT2D eigenvalue weighted by Gasteiger charge is 2.08. The van der Waals surface area contributed by atoms with Crippen LogP contribution in [-0.2, 0) is 11.3 Å². The molecule has 102 valence electrons. The van der Waals surface area contributed by atoms with E-state index in [2.05, 4.69) is 24.6 Å². The Morgan fingerprint density at radius 1 is 1.37 bits per heavy atom. The minimum atomic E-state index is 0.411. The zero-order chi connectivity index (χ0) is 13.7. The number of anilines is 1. The van der Waals surface area contributed by atoms with Gasteiger partial charge >= 0.3 is 0 Å². The summed E-state index contributed by atoms with van der Waals surface area (Å²) in [7, 11) is 1.83. The van der Waals surface area contributed by atoms with Crippen LogP contribution in [0.25, 0.3) is 0 Å². The summed E-state index contributed by atoms with van der Waals surface area (Å²) >= 11 is 2.86. The third-order valence-electron chi connectivity index (χ3n) is 2.14. The molecule has 2 rings (SSSR count). The van der Waals surface area contributed by atoms with Crippen LogP contribution in [0.15, 0.2) is 15.4 Å². The molecule has 0 bridgehead atoms. The molecule has 6 nitrogen and oxygen atoms in total. The summed E-state index contributed by atoms with van der Waals surface area (Å²) in [5.41, 5.74) is 0. The van der Waals surface area contributed by atoms with Crippen molar-refractivity contribution < 1.29 is 4.74 Å². The fourth-order valence-corrected chi connectivity index (χ4v) is 2.94. The van der Waals surface area contributed by atoms with Crippen molar-refractivity contribution >= 4 is 29.1 Å². The third kappa shape index (κ3) is 4.12. The average Bonchev–Trinajstić information content (AvgIpc) is 2.81. The Morgan fingerprint density at radius 2 is 2.21 bits per heavy atom. The van der Waals surface area contributed by atoms with Gasteiger partial charge in [0.25, 0.3) is 0 Å². The third-order valence-corrected chi connectivity index (χ3v) is 3.90. The van der Waals surface area contributed by atoms with E-state index < -0.39 is 0 Å². The lowest BCUT2D eigenvalue weighted by atomic mass is 10.5. The Labute approximate surface area is 120 Å². The van der Waals surface area contributed by atoms with Gasteiger partial charge in [-0.1, -0.05) is 0 Å². The largest absolute Gasteiger partial charge is 0.374 e. The predicted octanol–water partition coefficient (Wildman–Crippen LogP) is 2.37. The monoisotopic (exact) mass is 297 g/mol. The number of aromatic nitrogens is 4. The van der Waals surface area contributed by atoms with Gasteiger partial charge in [0, 0.05) is 19.7 Å². The maximum absolute atomic E-state index is 5.34. The fourth-order valence-electron chi connectivity index (χ4n) is 1.32. The number of hydrogen-bond donors (Lipinski definition) is 1. The molecule has 0 aliphatic rings. The summed E-state index contributed by atoms with van der Waals surface area (Å²) < 4.78 is 10.4. The van der Waals surface area contributed by atoms with E-state index in [-0.39, 0.29) is 0 Å². The van der Waals surface area contributed by atoms with Crippen molar-refractivity contribution in [3.05, 3.63) is 17.7 Å². The molecular weight excluding hydrogens is 282 g/mol. The second kappa shape index (κ2) is 6.78. The van der Waals surface area contributed by atoms with E-state index in [9.17, 15) is 0 Å². The standard InChI is InChI=1S/C11H15N5OS2/c1-4-17-6-9-14-8(12-3)5-10(15-9)18-11-13-7(2)16-19-11/h5H,4,6H2,1-3H3,(H,12,14,15). The van der Waals surface area contributed by atoms with Crippen molar-refractivity contribution in [2.24, 2.45) is 0 Å². The van der Waals surface area contributed by atoms with Crippen LogP contribution in [0.2, 0.25) is 0 Å². The number of aryl methyl sites for hydroxylation is 1. The lowest BCUT2D eigenvalue weighted by Gasteiger charge is -2.06. The molecule has 2 aromatic rings. The maximum Gasteiger partial charge on any atom is 0.176 e. The van der Waals surface area contributed by atoms with Gasteiger partial charge in [-0.3, -0.25) is 0 Å². The van der Waals surface area contributed by atoms with E-state index in [1.807, 2.05) is 27.0 Å². The van der Waals surface area contributed by atoms with Crippen LogP contribution >= 0.6 is 23.3 Å². The highest BCUT2D eigenvalue weighted by atomic mass is 32.2. The Bertz CT molecular complexity index is 546. The molecular formula is C11H15N5OS2. The van der Waals surface area contributed by atoms with E-state index >= 15 is 0 Å². The molecule has 0 saturated carbocycles. The molecule has 0 aromatic carbocycles. The Morgan fingerprint density at radius 3 is 2.84 bits per heavy atom. The molecule has 0 spiro atoms. The van der Waals surface area contributed by atoms with Crippen molar-refractivity contribution in [2.75, 3.05) is 19.0 Å². The molecule has 2 heterocycles. The lowest BCUT2D eigenvalue weighted by molar-refractivity contribution is 0.128. The van der Waals surface area contributed by atoms with Gasteiger partial charge in [0.05, 0.1) is 0 Å². The number of nitrogens with zero attached hydrogens (tertiary/aromatic N) is 4. The SMILES string of the molecule is CCOCc1nc(NC)cc(Sc2nc(C)ns2)n1. The summed E-state index contributed by atoms with van der Waals surface area (Å²) in [4.78, 5) is 13.1. The highest BCUT2D eigenvalue weighted by Crippen LogP contribution is 2.28. The molecule has 8 heteroatoms. The normalized spacial score (nSPS) is 10.7. The van der Waals surface area contributed by atoms with Crippen molar-refractivity contribution in [1.29, 1.82) is 0 Å². The zero-order valence-electron chi connectivity index (χ0n) is 11.0. The zero-order valence-corrected chi connectivity index (χ0v) is 12.6. The second-order valence-electron chi connectivity index (χ2n) is 3.60. The van der Waals surface area contributed by atoms with Crippen LogP contribution in [0.4, 0.5) is 5.82 Å². The lowest BCUT2D eigenvalue weighted by Crippen LogP contribution is -2.03. The van der Waals surface area contributed by atoms with Crippen LogP contribution < -0.4 is 5.32 Å². The Kier molecular flexibility index (Phi) is 5.06. The highest BCUT2D eigenvalue weighted by molar-refractivity contribution is 8.00. The summed E-state index contributed by atoms with van der Waals surface area (Å²) in [5, 5.41) is 3.86. The molecule has 0 fully saturated rings. The quantitative estimate of drug-likeness (QED) is 0.820. The smallest absolute Gasteiger partial charge is 0.176 e. The number of rotatable bonds is 6. The molecule has 19 heavy (non-hydrogen) atoms. The van der Waals surface area contributed by atoms with Crippen LogP contribution in [0, 0.1) is 6.92 Å².